The lowest BCUT2D eigenvalue weighted by Crippen LogP contribution is -2.57. The van der Waals surface area contributed by atoms with Gasteiger partial charge in [0.1, 0.15) is 5.75 Å². The maximum Gasteiger partial charge on any atom is 0.251 e. The third-order valence-electron chi connectivity index (χ3n) is 4.07. The van der Waals surface area contributed by atoms with Crippen LogP contribution in [0, 0.1) is 0 Å². The monoisotopic (exact) mass is 306 g/mol. The van der Waals surface area contributed by atoms with Crippen LogP contribution >= 0.6 is 0 Å². The standard InChI is InChI=1S/C16H22N2O4/c1-22-13-6-3-12(4-7-13)5-8-14(19)18-10-2-9-16(21,11-18)15(17)20/h3-4,6-7,21H,2,5,8-11H2,1H3,(H2,17,20)/t16-/m1/s1. The van der Waals surface area contributed by atoms with Crippen LogP contribution < -0.4 is 10.5 Å². The van der Waals surface area contributed by atoms with Crippen molar-refractivity contribution in [3.8, 4) is 5.75 Å². The predicted molar refractivity (Wildman–Crippen MR) is 81.3 cm³/mol. The minimum atomic E-state index is -1.59. The lowest BCUT2D eigenvalue weighted by atomic mass is 9.92. The van der Waals surface area contributed by atoms with Gasteiger partial charge in [0.2, 0.25) is 5.91 Å². The molecule has 6 nitrogen and oxygen atoms in total. The van der Waals surface area contributed by atoms with Crippen LogP contribution in [-0.2, 0) is 16.0 Å². The summed E-state index contributed by atoms with van der Waals surface area (Å²) >= 11 is 0. The number of nitrogens with two attached hydrogens (primary N) is 1. The van der Waals surface area contributed by atoms with Crippen molar-refractivity contribution in [3.63, 3.8) is 0 Å². The summed E-state index contributed by atoms with van der Waals surface area (Å²) in [5.74, 6) is -0.0621. The Morgan fingerprint density at radius 1 is 1.36 bits per heavy atom. The number of piperidine rings is 1. The number of β-amino-alcohol motifs (C(OH)–C–C–N with tert-alkyl or cyclic N) is 1. The topological polar surface area (TPSA) is 92.9 Å². The van der Waals surface area contributed by atoms with Crippen molar-refractivity contribution >= 4 is 11.8 Å². The number of hydrogen-bond acceptors (Lipinski definition) is 4. The molecular weight excluding hydrogens is 284 g/mol. The highest BCUT2D eigenvalue weighted by Gasteiger charge is 2.39. The molecule has 0 radical (unpaired) electrons. The van der Waals surface area contributed by atoms with Crippen LogP contribution in [0.25, 0.3) is 0 Å². The van der Waals surface area contributed by atoms with Gasteiger partial charge < -0.3 is 20.5 Å². The Balaban J connectivity index is 1.90. The second-order valence-electron chi connectivity index (χ2n) is 5.66. The molecule has 0 saturated carbocycles. The number of aliphatic hydroxyl groups is 1. The number of amides is 2. The van der Waals surface area contributed by atoms with E-state index in [4.69, 9.17) is 10.5 Å². The Morgan fingerprint density at radius 2 is 2.05 bits per heavy atom. The van der Waals surface area contributed by atoms with Crippen molar-refractivity contribution in [3.05, 3.63) is 29.8 Å². The number of carbonyl (C=O) groups excluding carboxylic acids is 2. The first-order valence-electron chi connectivity index (χ1n) is 7.37. The van der Waals surface area contributed by atoms with E-state index in [0.29, 0.717) is 32.2 Å². The number of aryl methyl sites for hydroxylation is 1. The number of carbonyl (C=O) groups is 2. The zero-order chi connectivity index (χ0) is 16.2. The summed E-state index contributed by atoms with van der Waals surface area (Å²) in [6, 6.07) is 7.54. The average Bonchev–Trinajstić information content (AvgIpc) is 2.53. The molecule has 1 heterocycles. The fraction of sp³-hybridized carbons (Fsp3) is 0.500. The van der Waals surface area contributed by atoms with Gasteiger partial charge in [-0.3, -0.25) is 9.59 Å². The van der Waals surface area contributed by atoms with Crippen molar-refractivity contribution < 1.29 is 19.4 Å². The SMILES string of the molecule is COc1ccc(CCC(=O)N2CCC[C@](O)(C(N)=O)C2)cc1. The van der Waals surface area contributed by atoms with E-state index in [-0.39, 0.29) is 12.5 Å². The van der Waals surface area contributed by atoms with Gasteiger partial charge in [0.05, 0.1) is 13.7 Å². The van der Waals surface area contributed by atoms with Crippen LogP contribution in [0.3, 0.4) is 0 Å². The molecule has 0 spiro atoms. The smallest absolute Gasteiger partial charge is 0.251 e. The maximum absolute atomic E-state index is 12.2. The molecule has 1 aliphatic heterocycles. The Labute approximate surface area is 129 Å². The Kier molecular flexibility index (Phi) is 5.03. The third kappa shape index (κ3) is 3.76. The zero-order valence-corrected chi connectivity index (χ0v) is 12.7. The summed E-state index contributed by atoms with van der Waals surface area (Å²) in [6.07, 6.45) is 1.83. The normalized spacial score (nSPS) is 21.5. The first-order valence-corrected chi connectivity index (χ1v) is 7.37. The summed E-state index contributed by atoms with van der Waals surface area (Å²) in [7, 11) is 1.61. The highest BCUT2D eigenvalue weighted by molar-refractivity contribution is 5.85. The molecule has 0 aromatic heterocycles. The maximum atomic E-state index is 12.2. The van der Waals surface area contributed by atoms with Crippen molar-refractivity contribution in [2.24, 2.45) is 5.73 Å². The summed E-state index contributed by atoms with van der Waals surface area (Å²) in [4.78, 5) is 25.1. The van der Waals surface area contributed by atoms with Gasteiger partial charge in [0.15, 0.2) is 5.60 Å². The number of ether oxygens (including phenoxy) is 1. The number of nitrogens with zero attached hydrogens (tertiary/aromatic N) is 1. The molecule has 6 heteroatoms. The molecule has 1 aromatic carbocycles. The van der Waals surface area contributed by atoms with Gasteiger partial charge >= 0.3 is 0 Å². The van der Waals surface area contributed by atoms with E-state index in [1.807, 2.05) is 24.3 Å². The molecule has 1 atom stereocenters. The minimum absolute atomic E-state index is 0.0101. The fourth-order valence-corrected chi connectivity index (χ4v) is 2.65. The first kappa shape index (κ1) is 16.3. The first-order chi connectivity index (χ1) is 10.4. The van der Waals surface area contributed by atoms with E-state index < -0.39 is 11.5 Å². The number of rotatable bonds is 5. The number of primary amides is 1. The summed E-state index contributed by atoms with van der Waals surface area (Å²) in [6.45, 7) is 0.542. The Morgan fingerprint density at radius 3 is 2.64 bits per heavy atom. The lowest BCUT2D eigenvalue weighted by molar-refractivity contribution is -0.148. The number of likely N-dealkylation sites (tertiary alicyclic amines) is 1. The van der Waals surface area contributed by atoms with Crippen molar-refractivity contribution in [2.45, 2.75) is 31.3 Å². The second-order valence-corrected chi connectivity index (χ2v) is 5.66. The highest BCUT2D eigenvalue weighted by Crippen LogP contribution is 2.22. The third-order valence-corrected chi connectivity index (χ3v) is 4.07. The molecule has 3 N–H and O–H groups in total. The largest absolute Gasteiger partial charge is 0.497 e. The van der Waals surface area contributed by atoms with Gasteiger partial charge in [-0.05, 0) is 37.0 Å². The van der Waals surface area contributed by atoms with E-state index in [1.54, 1.807) is 7.11 Å². The lowest BCUT2D eigenvalue weighted by Gasteiger charge is -2.37. The molecule has 0 unspecified atom stereocenters. The van der Waals surface area contributed by atoms with Gasteiger partial charge in [-0.2, -0.15) is 0 Å². The number of hydrogen-bond donors (Lipinski definition) is 2. The molecule has 1 fully saturated rings. The average molecular weight is 306 g/mol. The molecular formula is C16H22N2O4. The fourth-order valence-electron chi connectivity index (χ4n) is 2.65. The van der Waals surface area contributed by atoms with Crippen LogP contribution in [0.1, 0.15) is 24.8 Å². The minimum Gasteiger partial charge on any atom is -0.497 e. The van der Waals surface area contributed by atoms with Crippen molar-refractivity contribution in [2.75, 3.05) is 20.2 Å². The van der Waals surface area contributed by atoms with E-state index in [0.717, 1.165) is 11.3 Å². The van der Waals surface area contributed by atoms with Crippen LogP contribution in [0.5, 0.6) is 5.75 Å². The van der Waals surface area contributed by atoms with Gasteiger partial charge in [0.25, 0.3) is 5.91 Å². The predicted octanol–water partition coefficient (Wildman–Crippen LogP) is 0.467. The molecule has 0 bridgehead atoms. The van der Waals surface area contributed by atoms with Gasteiger partial charge in [-0.25, -0.2) is 0 Å². The summed E-state index contributed by atoms with van der Waals surface area (Å²) in [5.41, 5.74) is 4.67. The molecule has 1 saturated heterocycles. The number of benzene rings is 1. The molecule has 0 aliphatic carbocycles. The molecule has 1 aromatic rings. The highest BCUT2D eigenvalue weighted by atomic mass is 16.5. The molecule has 2 amide bonds. The van der Waals surface area contributed by atoms with Gasteiger partial charge in [-0.15, -0.1) is 0 Å². The van der Waals surface area contributed by atoms with Crippen molar-refractivity contribution in [1.82, 2.24) is 4.90 Å². The zero-order valence-electron chi connectivity index (χ0n) is 12.7. The quantitative estimate of drug-likeness (QED) is 0.827. The van der Waals surface area contributed by atoms with E-state index in [2.05, 4.69) is 0 Å². The van der Waals surface area contributed by atoms with Crippen LogP contribution in [0.2, 0.25) is 0 Å². The van der Waals surface area contributed by atoms with Crippen LogP contribution in [-0.4, -0.2) is 47.6 Å². The van der Waals surface area contributed by atoms with Crippen LogP contribution in [0.15, 0.2) is 24.3 Å². The van der Waals surface area contributed by atoms with Crippen LogP contribution in [0.4, 0.5) is 0 Å². The molecule has 22 heavy (non-hydrogen) atoms. The van der Waals surface area contributed by atoms with Crippen molar-refractivity contribution in [1.29, 1.82) is 0 Å². The van der Waals surface area contributed by atoms with E-state index >= 15 is 0 Å². The summed E-state index contributed by atoms with van der Waals surface area (Å²) in [5, 5.41) is 10.1. The number of methoxy groups -OCH3 is 1. The molecule has 2 rings (SSSR count). The van der Waals surface area contributed by atoms with Gasteiger partial charge in [0, 0.05) is 13.0 Å². The van der Waals surface area contributed by atoms with E-state index in [1.165, 1.54) is 4.90 Å². The van der Waals surface area contributed by atoms with Gasteiger partial charge in [-0.1, -0.05) is 12.1 Å². The molecule has 120 valence electrons. The Bertz CT molecular complexity index is 544. The molecule has 1 aliphatic rings. The Hall–Kier alpha value is -2.08. The van der Waals surface area contributed by atoms with E-state index in [9.17, 15) is 14.7 Å². The second kappa shape index (κ2) is 6.79. The summed E-state index contributed by atoms with van der Waals surface area (Å²) < 4.78 is 5.09.